The molecule has 0 saturated heterocycles. The highest BCUT2D eigenvalue weighted by Gasteiger charge is 2.22. The monoisotopic (exact) mass is 736 g/mol. The summed E-state index contributed by atoms with van der Waals surface area (Å²) in [7, 11) is -2.51. The molecule has 0 atom stereocenters. The van der Waals surface area contributed by atoms with Gasteiger partial charge in [0.1, 0.15) is 5.75 Å². The van der Waals surface area contributed by atoms with Gasteiger partial charge in [0.05, 0.1) is 29.3 Å². The minimum atomic E-state index is -4.06. The van der Waals surface area contributed by atoms with Crippen molar-refractivity contribution in [3.63, 3.8) is 0 Å². The fraction of sp³-hybridized carbons (Fsp3) is 0.268. The number of carbonyl (C=O) groups is 1. The van der Waals surface area contributed by atoms with Gasteiger partial charge in [-0.3, -0.25) is 20.1 Å². The topological polar surface area (TPSA) is 112 Å². The molecule has 0 unspecified atom stereocenters. The first kappa shape index (κ1) is 35.5. The van der Waals surface area contributed by atoms with Crippen LogP contribution in [-0.2, 0) is 34.2 Å². The molecule has 2 aromatic heterocycles. The molecule has 0 radical (unpaired) electrons. The number of pyridine rings is 1. The Bertz CT molecular complexity index is 2370. The molecule has 4 aromatic carbocycles. The quantitative estimate of drug-likeness (QED) is 0.114. The molecule has 9 nitrogen and oxygen atoms in total. The Kier molecular flexibility index (Phi) is 10.5. The van der Waals surface area contributed by atoms with Crippen molar-refractivity contribution in [2.24, 2.45) is 0 Å². The number of benzene rings is 4. The molecule has 11 heteroatoms. The summed E-state index contributed by atoms with van der Waals surface area (Å²) in [6, 6.07) is 27.8. The van der Waals surface area contributed by atoms with Crippen molar-refractivity contribution in [1.82, 2.24) is 14.3 Å². The van der Waals surface area contributed by atoms with E-state index in [0.29, 0.717) is 22.8 Å². The highest BCUT2D eigenvalue weighted by atomic mass is 35.5. The van der Waals surface area contributed by atoms with E-state index in [1.807, 2.05) is 30.3 Å². The van der Waals surface area contributed by atoms with E-state index in [2.05, 4.69) is 45.2 Å². The van der Waals surface area contributed by atoms with Crippen molar-refractivity contribution in [3.05, 3.63) is 130 Å². The fourth-order valence-electron chi connectivity index (χ4n) is 6.95. The summed E-state index contributed by atoms with van der Waals surface area (Å²) in [6.07, 6.45) is 9.09. The van der Waals surface area contributed by atoms with Crippen LogP contribution in [0.25, 0.3) is 21.8 Å². The van der Waals surface area contributed by atoms with Crippen LogP contribution in [0.2, 0.25) is 5.02 Å². The number of nitrogens with one attached hydrogen (secondary N) is 2. The Balaban J connectivity index is 1.13. The zero-order chi connectivity index (χ0) is 36.2. The minimum absolute atomic E-state index is 0.0595. The molecule has 1 saturated carbocycles. The highest BCUT2D eigenvalue weighted by Crippen LogP contribution is 2.31. The number of halogens is 1. The number of hydrogen-bond donors (Lipinski definition) is 2. The summed E-state index contributed by atoms with van der Waals surface area (Å²) >= 11 is 6.22. The Morgan fingerprint density at radius 1 is 0.962 bits per heavy atom. The Hall–Kier alpha value is -4.90. The lowest BCUT2D eigenvalue weighted by atomic mass is 10.0. The molecule has 268 valence electrons. The number of ether oxygens (including phenoxy) is 1. The molecule has 1 amide bonds. The number of hydrogen-bond acceptors (Lipinski definition) is 7. The first-order valence-electron chi connectivity index (χ1n) is 17.6. The number of aryl methyl sites for hydroxylation is 3. The minimum Gasteiger partial charge on any atom is -0.496 e. The summed E-state index contributed by atoms with van der Waals surface area (Å²) in [6.45, 7) is 2.47. The molecule has 52 heavy (non-hydrogen) atoms. The van der Waals surface area contributed by atoms with E-state index in [9.17, 15) is 13.2 Å². The van der Waals surface area contributed by atoms with Gasteiger partial charge in [0.25, 0.3) is 15.9 Å². The Labute approximate surface area is 308 Å². The average Bonchev–Trinajstić information content (AvgIpc) is 3.78. The van der Waals surface area contributed by atoms with E-state index in [-0.39, 0.29) is 16.6 Å². The van der Waals surface area contributed by atoms with Crippen LogP contribution in [0, 0.1) is 6.92 Å². The number of amides is 1. The fourth-order valence-corrected chi connectivity index (χ4v) is 8.34. The second-order valence-corrected chi connectivity index (χ2v) is 15.4. The molecule has 1 fully saturated rings. The maximum atomic E-state index is 13.2. The van der Waals surface area contributed by atoms with Gasteiger partial charge in [-0.2, -0.15) is 0 Å². The SMILES string of the molecule is COc1cc(C(=O)NS(=O)(=O)c2ccccc2C)ccc1Cc1cn(CCCc2ccc3ccc(Cl)cc3n2)c2ccc(NOC3CCCC3)cc12. The summed E-state index contributed by atoms with van der Waals surface area (Å²) < 4.78 is 36.2. The van der Waals surface area contributed by atoms with E-state index in [0.717, 1.165) is 76.5 Å². The third-order valence-corrected chi connectivity index (χ3v) is 11.4. The van der Waals surface area contributed by atoms with Gasteiger partial charge >= 0.3 is 0 Å². The highest BCUT2D eigenvalue weighted by molar-refractivity contribution is 7.90. The number of anilines is 1. The third kappa shape index (κ3) is 7.94. The number of methoxy groups -OCH3 is 1. The lowest BCUT2D eigenvalue weighted by Crippen LogP contribution is -2.31. The van der Waals surface area contributed by atoms with Crippen molar-refractivity contribution < 1.29 is 22.8 Å². The van der Waals surface area contributed by atoms with Crippen molar-refractivity contribution >= 4 is 55.0 Å². The van der Waals surface area contributed by atoms with Gasteiger partial charge in [0.2, 0.25) is 0 Å². The molecule has 0 bridgehead atoms. The maximum Gasteiger partial charge on any atom is 0.265 e. The van der Waals surface area contributed by atoms with Gasteiger partial charge < -0.3 is 9.30 Å². The lowest BCUT2D eigenvalue weighted by molar-refractivity contribution is 0.0981. The van der Waals surface area contributed by atoms with E-state index >= 15 is 0 Å². The normalized spacial score (nSPS) is 13.5. The first-order chi connectivity index (χ1) is 25.2. The van der Waals surface area contributed by atoms with Crippen LogP contribution in [0.3, 0.4) is 0 Å². The zero-order valence-corrected chi connectivity index (χ0v) is 30.8. The number of rotatable bonds is 13. The summed E-state index contributed by atoms with van der Waals surface area (Å²) in [5.41, 5.74) is 9.75. The van der Waals surface area contributed by atoms with Crippen LogP contribution < -0.4 is 14.9 Å². The predicted octanol–water partition coefficient (Wildman–Crippen LogP) is 8.79. The lowest BCUT2D eigenvalue weighted by Gasteiger charge is -2.13. The van der Waals surface area contributed by atoms with Crippen LogP contribution in [-0.4, -0.2) is 37.1 Å². The first-order valence-corrected chi connectivity index (χ1v) is 19.4. The number of sulfonamides is 1. The predicted molar refractivity (Wildman–Crippen MR) is 206 cm³/mol. The number of fused-ring (bicyclic) bond motifs is 2. The molecule has 0 aliphatic heterocycles. The van der Waals surface area contributed by atoms with Gasteiger partial charge in [-0.15, -0.1) is 0 Å². The van der Waals surface area contributed by atoms with Crippen molar-refractivity contribution in [1.29, 1.82) is 0 Å². The van der Waals surface area contributed by atoms with Crippen LogP contribution in [0.4, 0.5) is 5.69 Å². The molecule has 2 heterocycles. The van der Waals surface area contributed by atoms with Crippen molar-refractivity contribution in [2.75, 3.05) is 12.6 Å². The molecule has 7 rings (SSSR count). The van der Waals surface area contributed by atoms with Crippen LogP contribution >= 0.6 is 11.6 Å². The van der Waals surface area contributed by atoms with Crippen molar-refractivity contribution in [2.45, 2.75) is 69.4 Å². The number of aromatic nitrogens is 2. The Morgan fingerprint density at radius 2 is 1.77 bits per heavy atom. The molecule has 1 aliphatic carbocycles. The van der Waals surface area contributed by atoms with Gasteiger partial charge in [0.15, 0.2) is 0 Å². The summed E-state index contributed by atoms with van der Waals surface area (Å²) in [5.74, 6) is -0.241. The molecule has 1 aliphatic rings. The molecule has 2 N–H and O–H groups in total. The second-order valence-electron chi connectivity index (χ2n) is 13.4. The number of carbonyl (C=O) groups excluding carboxylic acids is 1. The van der Waals surface area contributed by atoms with Crippen LogP contribution in [0.1, 0.15) is 64.8 Å². The van der Waals surface area contributed by atoms with Gasteiger partial charge in [-0.1, -0.05) is 60.8 Å². The van der Waals surface area contributed by atoms with Gasteiger partial charge in [-0.05, 0) is 104 Å². The molecular formula is C41H41ClN4O5S. The van der Waals surface area contributed by atoms with E-state index in [4.69, 9.17) is 26.2 Å². The summed E-state index contributed by atoms with van der Waals surface area (Å²) in [4.78, 5) is 24.1. The largest absolute Gasteiger partial charge is 0.496 e. The van der Waals surface area contributed by atoms with Gasteiger partial charge in [-0.25, -0.2) is 13.1 Å². The van der Waals surface area contributed by atoms with E-state index in [1.165, 1.54) is 18.9 Å². The molecular weight excluding hydrogens is 696 g/mol. The molecule has 0 spiro atoms. The maximum absolute atomic E-state index is 13.2. The van der Waals surface area contributed by atoms with E-state index in [1.54, 1.807) is 44.4 Å². The third-order valence-electron chi connectivity index (χ3n) is 9.69. The molecule has 6 aromatic rings. The average molecular weight is 737 g/mol. The Morgan fingerprint density at radius 3 is 2.58 bits per heavy atom. The standard InChI is InChI=1S/C41H41ClN4O5S/c1-27-8-3-6-12-40(27)52(48,49)45-41(47)30-14-13-29(39(23-30)50-2)22-31-26-46(21-7-9-33-18-16-28-15-17-32(42)24-37(28)43-33)38-20-19-34(25-36(31)38)44-51-35-10-4-5-11-35/h3,6,8,12-20,23-26,35,44H,4-5,7,9-11,21-22H2,1-2H3,(H,45,47). The zero-order valence-electron chi connectivity index (χ0n) is 29.2. The summed E-state index contributed by atoms with van der Waals surface area (Å²) in [5, 5.41) is 2.81. The smallest absolute Gasteiger partial charge is 0.265 e. The van der Waals surface area contributed by atoms with Crippen LogP contribution in [0.15, 0.2) is 102 Å². The number of nitrogens with zero attached hydrogens (tertiary/aromatic N) is 2. The van der Waals surface area contributed by atoms with E-state index < -0.39 is 15.9 Å². The van der Waals surface area contributed by atoms with Crippen LogP contribution in [0.5, 0.6) is 5.75 Å². The van der Waals surface area contributed by atoms with Crippen molar-refractivity contribution in [3.8, 4) is 5.75 Å². The van der Waals surface area contributed by atoms with Gasteiger partial charge in [0, 0.05) is 51.7 Å². The second kappa shape index (κ2) is 15.4.